The van der Waals surface area contributed by atoms with Crippen molar-refractivity contribution < 1.29 is 18.0 Å². The van der Waals surface area contributed by atoms with Gasteiger partial charge >= 0.3 is 7.60 Å². The number of rotatable bonds is 6. The average molecular weight is 361 g/mol. The van der Waals surface area contributed by atoms with Crippen molar-refractivity contribution in [3.05, 3.63) is 50.6 Å². The topological polar surface area (TPSA) is 89.5 Å². The highest BCUT2D eigenvalue weighted by molar-refractivity contribution is 7.59. The molecule has 0 aliphatic heterocycles. The summed E-state index contributed by atoms with van der Waals surface area (Å²) in [5, 5.41) is 9.59. The van der Waals surface area contributed by atoms with Crippen molar-refractivity contribution in [1.82, 2.24) is 0 Å². The molecular weight excluding hydrogens is 341 g/mol. The second kappa shape index (κ2) is 7.79. The van der Waals surface area contributed by atoms with Crippen molar-refractivity contribution in [1.29, 1.82) is 5.26 Å². The minimum absolute atomic E-state index is 0.112. The van der Waals surface area contributed by atoms with Crippen LogP contribution < -0.4 is 5.43 Å². The van der Waals surface area contributed by atoms with E-state index in [1.807, 2.05) is 26.0 Å². The third kappa shape index (κ3) is 3.91. The van der Waals surface area contributed by atoms with Crippen LogP contribution in [-0.2, 0) is 13.6 Å². The lowest BCUT2D eigenvalue weighted by Crippen LogP contribution is -2.07. The molecule has 0 amide bonds. The number of aryl methyl sites for hydroxylation is 2. The molecule has 1 aromatic heterocycles. The van der Waals surface area contributed by atoms with E-state index in [4.69, 9.17) is 13.5 Å². The van der Waals surface area contributed by atoms with Crippen molar-refractivity contribution in [3.63, 3.8) is 0 Å². The Hall–Kier alpha value is -2.19. The molecule has 0 N–H and O–H groups in total. The molecule has 0 aliphatic rings. The first-order valence-electron chi connectivity index (χ1n) is 7.90. The molecule has 0 atom stereocenters. The summed E-state index contributed by atoms with van der Waals surface area (Å²) >= 11 is 0. The molecular formula is C18H20NO5P. The predicted molar refractivity (Wildman–Crippen MR) is 96.4 cm³/mol. The van der Waals surface area contributed by atoms with Gasteiger partial charge in [-0.15, -0.1) is 0 Å². The van der Waals surface area contributed by atoms with Crippen molar-refractivity contribution >= 4 is 24.6 Å². The molecule has 0 saturated heterocycles. The number of allylic oxidation sites excluding steroid dienone is 1. The lowest BCUT2D eigenvalue weighted by molar-refractivity contribution is 0.227. The second-order valence-corrected chi connectivity index (χ2v) is 7.44. The van der Waals surface area contributed by atoms with E-state index in [-0.39, 0.29) is 29.5 Å². The van der Waals surface area contributed by atoms with Gasteiger partial charge in [-0.3, -0.25) is 9.36 Å². The number of hydrogen-bond donors (Lipinski definition) is 0. The summed E-state index contributed by atoms with van der Waals surface area (Å²) in [5.74, 6) is 0. The molecule has 0 radical (unpaired) electrons. The van der Waals surface area contributed by atoms with Gasteiger partial charge in [0.15, 0.2) is 5.43 Å². The van der Waals surface area contributed by atoms with Gasteiger partial charge in [-0.1, -0.05) is 6.07 Å². The van der Waals surface area contributed by atoms with Crippen LogP contribution in [0.1, 0.15) is 30.5 Å². The van der Waals surface area contributed by atoms with Gasteiger partial charge in [0, 0.05) is 0 Å². The molecule has 0 spiro atoms. The molecule has 25 heavy (non-hydrogen) atoms. The summed E-state index contributed by atoms with van der Waals surface area (Å²) in [6, 6.07) is 5.48. The molecule has 132 valence electrons. The Balaban J connectivity index is 2.66. The first kappa shape index (κ1) is 19.1. The van der Waals surface area contributed by atoms with E-state index in [1.54, 1.807) is 19.9 Å². The van der Waals surface area contributed by atoms with Crippen LogP contribution in [0, 0.1) is 25.2 Å². The second-order valence-electron chi connectivity index (χ2n) is 5.45. The lowest BCUT2D eigenvalue weighted by Gasteiger charge is -2.15. The molecule has 2 aromatic rings. The molecule has 1 heterocycles. The highest BCUT2D eigenvalue weighted by Crippen LogP contribution is 2.56. The van der Waals surface area contributed by atoms with Crippen LogP contribution in [0.4, 0.5) is 0 Å². The van der Waals surface area contributed by atoms with Gasteiger partial charge in [0.25, 0.3) is 0 Å². The Bertz CT molecular complexity index is 958. The average Bonchev–Trinajstić information content (AvgIpc) is 2.54. The first-order chi connectivity index (χ1) is 11.9. The summed E-state index contributed by atoms with van der Waals surface area (Å²) in [4.78, 5) is 12.8. The van der Waals surface area contributed by atoms with Crippen LogP contribution in [0.25, 0.3) is 17.0 Å². The third-order valence-electron chi connectivity index (χ3n) is 3.55. The molecule has 0 unspecified atom stereocenters. The highest BCUT2D eigenvalue weighted by Gasteiger charge is 2.30. The number of benzene rings is 1. The van der Waals surface area contributed by atoms with Gasteiger partial charge in [-0.2, -0.15) is 5.26 Å². The maximum absolute atomic E-state index is 12.8. The molecule has 0 bridgehead atoms. The highest BCUT2D eigenvalue weighted by atomic mass is 31.2. The minimum atomic E-state index is -3.78. The van der Waals surface area contributed by atoms with Crippen molar-refractivity contribution in [2.24, 2.45) is 0 Å². The van der Waals surface area contributed by atoms with Gasteiger partial charge in [0.1, 0.15) is 23.2 Å². The summed E-state index contributed by atoms with van der Waals surface area (Å²) in [6.45, 7) is 7.25. The zero-order chi connectivity index (χ0) is 18.6. The molecule has 7 heteroatoms. The Morgan fingerprint density at radius 2 is 1.92 bits per heavy atom. The van der Waals surface area contributed by atoms with Crippen LogP contribution in [0.15, 0.2) is 32.9 Å². The summed E-state index contributed by atoms with van der Waals surface area (Å²) < 4.78 is 28.6. The lowest BCUT2D eigenvalue weighted by atomic mass is 10.1. The van der Waals surface area contributed by atoms with E-state index in [0.29, 0.717) is 11.0 Å². The SMILES string of the molecule is CCOP(=O)(OCC)/C(C#N)=C/c1coc2cc(C)cc(C)c2c1=O. The van der Waals surface area contributed by atoms with E-state index < -0.39 is 7.60 Å². The van der Waals surface area contributed by atoms with Crippen LogP contribution in [0.3, 0.4) is 0 Å². The Kier molecular flexibility index (Phi) is 5.97. The van der Waals surface area contributed by atoms with Crippen molar-refractivity contribution in [3.8, 4) is 6.07 Å². The van der Waals surface area contributed by atoms with Crippen molar-refractivity contribution in [2.75, 3.05) is 13.2 Å². The van der Waals surface area contributed by atoms with E-state index in [1.165, 1.54) is 12.3 Å². The smallest absolute Gasteiger partial charge is 0.371 e. The number of fused-ring (bicyclic) bond motifs is 1. The number of hydrogen-bond acceptors (Lipinski definition) is 6. The van der Waals surface area contributed by atoms with Gasteiger partial charge in [-0.05, 0) is 51.0 Å². The quantitative estimate of drug-likeness (QED) is 0.554. The maximum atomic E-state index is 12.8. The zero-order valence-electron chi connectivity index (χ0n) is 14.7. The predicted octanol–water partition coefficient (Wildman–Crippen LogP) is 4.54. The fourth-order valence-electron chi connectivity index (χ4n) is 2.57. The third-order valence-corrected chi connectivity index (χ3v) is 5.56. The minimum Gasteiger partial charge on any atom is -0.463 e. The maximum Gasteiger partial charge on any atom is 0.371 e. The monoisotopic (exact) mass is 361 g/mol. The molecule has 0 fully saturated rings. The standard InChI is InChI=1S/C18H20NO5P/c1-5-23-25(21,24-6-2)15(10-19)9-14-11-22-16-8-12(3)7-13(4)17(16)18(14)20/h7-9,11H,5-6H2,1-4H3/b15-9+. The van der Waals surface area contributed by atoms with E-state index >= 15 is 0 Å². The zero-order valence-corrected chi connectivity index (χ0v) is 15.6. The van der Waals surface area contributed by atoms with Gasteiger partial charge in [0.05, 0.1) is 24.2 Å². The van der Waals surface area contributed by atoms with E-state index in [9.17, 15) is 14.6 Å². The summed E-state index contributed by atoms with van der Waals surface area (Å²) in [6.07, 6.45) is 2.47. The van der Waals surface area contributed by atoms with E-state index in [0.717, 1.165) is 11.1 Å². The van der Waals surface area contributed by atoms with E-state index in [2.05, 4.69) is 0 Å². The Labute approximate surface area is 146 Å². The van der Waals surface area contributed by atoms with Gasteiger partial charge in [-0.25, -0.2) is 0 Å². The fraction of sp³-hybridized carbons (Fsp3) is 0.333. The van der Waals surface area contributed by atoms with Crippen LogP contribution in [-0.4, -0.2) is 13.2 Å². The Morgan fingerprint density at radius 3 is 2.48 bits per heavy atom. The van der Waals surface area contributed by atoms with Crippen LogP contribution in [0.5, 0.6) is 0 Å². The molecule has 1 aromatic carbocycles. The summed E-state index contributed by atoms with van der Waals surface area (Å²) in [7, 11) is -3.78. The van der Waals surface area contributed by atoms with Gasteiger partial charge in [0.2, 0.25) is 0 Å². The largest absolute Gasteiger partial charge is 0.463 e. The number of nitriles is 1. The Morgan fingerprint density at radius 1 is 1.28 bits per heavy atom. The molecule has 0 saturated carbocycles. The normalized spacial score (nSPS) is 12.4. The van der Waals surface area contributed by atoms with Gasteiger partial charge < -0.3 is 13.5 Å². The fourth-order valence-corrected chi connectivity index (χ4v) is 4.03. The molecule has 2 rings (SSSR count). The van der Waals surface area contributed by atoms with Crippen LogP contribution in [0.2, 0.25) is 0 Å². The molecule has 0 aliphatic carbocycles. The number of nitrogens with zero attached hydrogens (tertiary/aromatic N) is 1. The first-order valence-corrected chi connectivity index (χ1v) is 9.44. The van der Waals surface area contributed by atoms with Crippen LogP contribution >= 0.6 is 7.60 Å². The van der Waals surface area contributed by atoms with Crippen molar-refractivity contribution in [2.45, 2.75) is 27.7 Å². The summed E-state index contributed by atoms with van der Waals surface area (Å²) in [5.41, 5.74) is 2.04. The molecule has 6 nitrogen and oxygen atoms in total.